The maximum Gasteiger partial charge on any atom is 0.387 e. The van der Waals surface area contributed by atoms with E-state index in [4.69, 9.17) is 23.2 Å². The Morgan fingerprint density at radius 1 is 1.29 bits per heavy atom. The second-order valence-corrected chi connectivity index (χ2v) is 5.55. The lowest BCUT2D eigenvalue weighted by molar-refractivity contribution is -0.114. The fraction of sp³-hybridized carbons (Fsp3) is 0.200. The summed E-state index contributed by atoms with van der Waals surface area (Å²) in [5.41, 5.74) is 0.327. The van der Waals surface area contributed by atoms with E-state index in [1.54, 1.807) is 25.2 Å². The number of halogens is 4. The molecule has 0 aliphatic carbocycles. The number of amides is 1. The van der Waals surface area contributed by atoms with Crippen molar-refractivity contribution in [2.24, 2.45) is 0 Å². The first-order valence-electron chi connectivity index (χ1n) is 6.72. The van der Waals surface area contributed by atoms with Gasteiger partial charge in [-0.15, -0.1) is 0 Å². The number of ether oxygens (including phenoxy) is 1. The molecule has 0 aliphatic rings. The summed E-state index contributed by atoms with van der Waals surface area (Å²) < 4.78 is 28.4. The molecule has 2 aromatic rings. The number of likely N-dealkylation sites (N-methyl/N-ethyl adjacent to an activating group) is 1. The van der Waals surface area contributed by atoms with Gasteiger partial charge in [0.2, 0.25) is 5.91 Å². The van der Waals surface area contributed by atoms with Crippen LogP contribution in [0.4, 0.5) is 20.3 Å². The number of para-hydroxylation sites is 1. The first-order valence-corrected chi connectivity index (χ1v) is 7.48. The molecule has 0 bridgehead atoms. The van der Waals surface area contributed by atoms with Gasteiger partial charge >= 0.3 is 6.61 Å². The van der Waals surface area contributed by atoms with Gasteiger partial charge in [-0.1, -0.05) is 29.3 Å². The molecule has 2 rings (SSSR count). The van der Waals surface area contributed by atoms with Crippen LogP contribution in [0.5, 0.6) is 5.75 Å². The van der Waals surface area contributed by atoms with Gasteiger partial charge in [0.05, 0.1) is 28.5 Å². The monoisotopic (exact) mass is 375 g/mol. The van der Waals surface area contributed by atoms with Gasteiger partial charge in [0, 0.05) is 7.05 Å². The number of aromatic nitrogens is 1. The predicted octanol–water partition coefficient (Wildman–Crippen LogP) is 4.06. The maximum absolute atomic E-state index is 12.1. The van der Waals surface area contributed by atoms with E-state index in [0.29, 0.717) is 21.6 Å². The molecule has 0 unspecified atom stereocenters. The van der Waals surface area contributed by atoms with Crippen molar-refractivity contribution in [2.75, 3.05) is 23.8 Å². The van der Waals surface area contributed by atoms with Gasteiger partial charge in [0.25, 0.3) is 0 Å². The van der Waals surface area contributed by atoms with Crippen molar-refractivity contribution < 1.29 is 18.3 Å². The molecule has 128 valence electrons. The molecule has 9 heteroatoms. The van der Waals surface area contributed by atoms with Gasteiger partial charge < -0.3 is 15.0 Å². The average Bonchev–Trinajstić information content (AvgIpc) is 2.51. The Morgan fingerprint density at radius 3 is 2.50 bits per heavy atom. The van der Waals surface area contributed by atoms with E-state index in [2.05, 4.69) is 15.0 Å². The van der Waals surface area contributed by atoms with Crippen LogP contribution in [0.25, 0.3) is 0 Å². The summed E-state index contributed by atoms with van der Waals surface area (Å²) in [6, 6.07) is 7.69. The summed E-state index contributed by atoms with van der Waals surface area (Å²) in [5, 5.41) is 3.27. The van der Waals surface area contributed by atoms with Crippen molar-refractivity contribution >= 4 is 40.6 Å². The van der Waals surface area contributed by atoms with Crippen LogP contribution in [0.3, 0.4) is 0 Å². The molecule has 1 heterocycles. The third kappa shape index (κ3) is 4.94. The number of nitrogens with zero attached hydrogens (tertiary/aromatic N) is 2. The zero-order chi connectivity index (χ0) is 17.7. The lowest BCUT2D eigenvalue weighted by Crippen LogP contribution is -2.30. The fourth-order valence-corrected chi connectivity index (χ4v) is 2.36. The summed E-state index contributed by atoms with van der Waals surface area (Å²) in [5.74, 6) is -0.00585. The van der Waals surface area contributed by atoms with Crippen molar-refractivity contribution in [3.05, 3.63) is 46.6 Å². The Kier molecular flexibility index (Phi) is 6.16. The van der Waals surface area contributed by atoms with Gasteiger partial charge in [0.15, 0.2) is 0 Å². The zero-order valence-electron chi connectivity index (χ0n) is 12.5. The fourth-order valence-electron chi connectivity index (χ4n) is 1.86. The van der Waals surface area contributed by atoms with E-state index in [0.717, 1.165) is 6.20 Å². The molecule has 0 saturated carbocycles. The molecule has 5 nitrogen and oxygen atoms in total. The average molecular weight is 376 g/mol. The number of pyridine rings is 1. The minimum atomic E-state index is -2.92. The molecule has 1 aromatic heterocycles. The van der Waals surface area contributed by atoms with Crippen molar-refractivity contribution in [1.29, 1.82) is 0 Å². The van der Waals surface area contributed by atoms with Crippen LogP contribution in [0.2, 0.25) is 10.0 Å². The van der Waals surface area contributed by atoms with Crippen molar-refractivity contribution in [3.63, 3.8) is 0 Å². The highest BCUT2D eigenvalue weighted by Gasteiger charge is 2.13. The molecule has 1 amide bonds. The van der Waals surface area contributed by atoms with E-state index in [9.17, 15) is 13.6 Å². The highest BCUT2D eigenvalue weighted by Crippen LogP contribution is 2.29. The Bertz CT molecular complexity index is 694. The van der Waals surface area contributed by atoms with Gasteiger partial charge in [-0.05, 0) is 24.3 Å². The maximum atomic E-state index is 12.1. The van der Waals surface area contributed by atoms with Crippen LogP contribution in [0, 0.1) is 0 Å². The van der Waals surface area contributed by atoms with Crippen LogP contribution in [-0.4, -0.2) is 31.1 Å². The summed E-state index contributed by atoms with van der Waals surface area (Å²) in [6.07, 6.45) is 1.15. The lowest BCUT2D eigenvalue weighted by atomic mass is 10.3. The minimum Gasteiger partial charge on any atom is -0.433 e. The van der Waals surface area contributed by atoms with Crippen LogP contribution in [0.1, 0.15) is 0 Å². The Labute approximate surface area is 147 Å². The number of hydrogen-bond donors (Lipinski definition) is 1. The molecule has 0 aliphatic heterocycles. The molecular formula is C15H13Cl2F2N3O2. The van der Waals surface area contributed by atoms with Crippen LogP contribution in [0.15, 0.2) is 36.5 Å². The molecular weight excluding hydrogens is 363 g/mol. The quantitative estimate of drug-likeness (QED) is 0.826. The molecule has 0 atom stereocenters. The first kappa shape index (κ1) is 18.2. The SMILES string of the molecule is CN(CC(=O)Nc1c(Cl)cccc1Cl)c1ccc(OC(F)F)cn1. The number of nitrogens with one attached hydrogen (secondary N) is 1. The molecule has 1 N–H and O–H groups in total. The number of alkyl halides is 2. The van der Waals surface area contributed by atoms with Crippen LogP contribution >= 0.6 is 23.2 Å². The molecule has 0 fully saturated rings. The first-order chi connectivity index (χ1) is 11.4. The summed E-state index contributed by atoms with van der Waals surface area (Å²) in [7, 11) is 1.63. The second kappa shape index (κ2) is 8.12. The van der Waals surface area contributed by atoms with E-state index in [-0.39, 0.29) is 18.2 Å². The van der Waals surface area contributed by atoms with Gasteiger partial charge in [-0.3, -0.25) is 4.79 Å². The molecule has 0 spiro atoms. The Hall–Kier alpha value is -2.12. The highest BCUT2D eigenvalue weighted by molar-refractivity contribution is 6.39. The standard InChI is InChI=1S/C15H13Cl2F2N3O2/c1-22(12-6-5-9(7-20-12)24-15(18)19)8-13(23)21-14-10(16)3-2-4-11(14)17/h2-7,15H,8H2,1H3,(H,21,23). The highest BCUT2D eigenvalue weighted by atomic mass is 35.5. The zero-order valence-corrected chi connectivity index (χ0v) is 14.0. The number of carbonyl (C=O) groups excluding carboxylic acids is 1. The van der Waals surface area contributed by atoms with E-state index in [1.165, 1.54) is 17.0 Å². The van der Waals surface area contributed by atoms with Crippen LogP contribution < -0.4 is 15.0 Å². The number of anilines is 2. The lowest BCUT2D eigenvalue weighted by Gasteiger charge is -2.18. The number of carbonyl (C=O) groups is 1. The third-order valence-corrected chi connectivity index (χ3v) is 3.57. The summed E-state index contributed by atoms with van der Waals surface area (Å²) >= 11 is 12.0. The number of benzene rings is 1. The predicted molar refractivity (Wildman–Crippen MR) is 89.2 cm³/mol. The van der Waals surface area contributed by atoms with Crippen molar-refractivity contribution in [1.82, 2.24) is 4.98 Å². The van der Waals surface area contributed by atoms with E-state index in [1.807, 2.05) is 0 Å². The van der Waals surface area contributed by atoms with Crippen molar-refractivity contribution in [3.8, 4) is 5.75 Å². The minimum absolute atomic E-state index is 0.0381. The smallest absolute Gasteiger partial charge is 0.387 e. The van der Waals surface area contributed by atoms with Gasteiger partial charge in [-0.25, -0.2) is 4.98 Å². The second-order valence-electron chi connectivity index (χ2n) is 4.73. The number of hydrogen-bond acceptors (Lipinski definition) is 4. The van der Waals surface area contributed by atoms with E-state index < -0.39 is 6.61 Å². The van der Waals surface area contributed by atoms with Crippen LogP contribution in [-0.2, 0) is 4.79 Å². The molecule has 1 aromatic carbocycles. The van der Waals surface area contributed by atoms with Gasteiger partial charge in [0.1, 0.15) is 11.6 Å². The third-order valence-electron chi connectivity index (χ3n) is 2.94. The number of rotatable bonds is 6. The largest absolute Gasteiger partial charge is 0.433 e. The normalized spacial score (nSPS) is 10.6. The molecule has 24 heavy (non-hydrogen) atoms. The Morgan fingerprint density at radius 2 is 1.96 bits per heavy atom. The Balaban J connectivity index is 1.98. The summed E-state index contributed by atoms with van der Waals surface area (Å²) in [6.45, 7) is -2.95. The molecule has 0 saturated heterocycles. The van der Waals surface area contributed by atoms with E-state index >= 15 is 0 Å². The van der Waals surface area contributed by atoms with Gasteiger partial charge in [-0.2, -0.15) is 8.78 Å². The molecule has 0 radical (unpaired) electrons. The topological polar surface area (TPSA) is 54.5 Å². The van der Waals surface area contributed by atoms with Crippen molar-refractivity contribution in [2.45, 2.75) is 6.61 Å². The summed E-state index contributed by atoms with van der Waals surface area (Å²) in [4.78, 5) is 17.6.